The van der Waals surface area contributed by atoms with Crippen LogP contribution in [0.4, 0.5) is 11.4 Å². The second-order valence-corrected chi connectivity index (χ2v) is 9.47. The van der Waals surface area contributed by atoms with Crippen molar-refractivity contribution in [1.29, 1.82) is 0 Å². The molecule has 1 aliphatic carbocycles. The van der Waals surface area contributed by atoms with Crippen molar-refractivity contribution >= 4 is 46.1 Å². The maximum atomic E-state index is 13.4. The number of carbonyl (C=O) groups excluding carboxylic acids is 1. The molecule has 5 nitrogen and oxygen atoms in total. The minimum atomic E-state index is 0.0784. The van der Waals surface area contributed by atoms with Gasteiger partial charge in [0.1, 0.15) is 12.4 Å². The summed E-state index contributed by atoms with van der Waals surface area (Å²) >= 11 is 1.72. The lowest BCUT2D eigenvalue weighted by Gasteiger charge is -2.27. The van der Waals surface area contributed by atoms with Crippen molar-refractivity contribution in [3.05, 3.63) is 82.4 Å². The third kappa shape index (κ3) is 3.48. The highest BCUT2D eigenvalue weighted by Crippen LogP contribution is 2.45. The van der Waals surface area contributed by atoms with Crippen molar-refractivity contribution < 1.29 is 13.8 Å². The monoisotopic (exact) mass is 472 g/mol. The molecule has 0 saturated heterocycles. The van der Waals surface area contributed by atoms with Gasteiger partial charge in [0.05, 0.1) is 17.5 Å². The maximum Gasteiger partial charge on any atom is 0.374 e. The summed E-state index contributed by atoms with van der Waals surface area (Å²) in [6.45, 7) is 11.0. The molecule has 3 aromatic rings. The Kier molecular flexibility index (Phi) is 6.09. The first-order chi connectivity index (χ1) is 16.6. The summed E-state index contributed by atoms with van der Waals surface area (Å²) in [6, 6.07) is 16.4. The zero-order valence-electron chi connectivity index (χ0n) is 20.2. The molecule has 0 N–H and O–H groups in total. The highest BCUT2D eigenvalue weighted by Gasteiger charge is 2.37. The van der Waals surface area contributed by atoms with Crippen molar-refractivity contribution in [2.24, 2.45) is 0 Å². The van der Waals surface area contributed by atoms with E-state index in [1.807, 2.05) is 24.3 Å². The fourth-order valence-corrected chi connectivity index (χ4v) is 5.77. The Hall–Kier alpha value is -3.25. The summed E-state index contributed by atoms with van der Waals surface area (Å²) in [7, 11) is 0. The topological polar surface area (TPSA) is 40.6 Å². The summed E-state index contributed by atoms with van der Waals surface area (Å²) in [5.41, 5.74) is 5.79. The predicted octanol–water partition coefficient (Wildman–Crippen LogP) is 5.92. The van der Waals surface area contributed by atoms with Gasteiger partial charge in [-0.15, -0.1) is 11.8 Å². The predicted molar refractivity (Wildman–Crippen MR) is 141 cm³/mol. The molecule has 34 heavy (non-hydrogen) atoms. The number of carbonyl (C=O) groups is 1. The molecular formula is C28H30N3O2S+. The number of thioether (sulfide) groups is 1. The van der Waals surface area contributed by atoms with Crippen LogP contribution in [0.15, 0.2) is 80.9 Å². The molecule has 2 heterocycles. The molecule has 0 bridgehead atoms. The number of aryl methyl sites for hydroxylation is 1. The number of benzene rings is 2. The molecule has 2 aromatic carbocycles. The van der Waals surface area contributed by atoms with Crippen LogP contribution in [0, 0.1) is 0 Å². The van der Waals surface area contributed by atoms with Crippen molar-refractivity contribution in [1.82, 2.24) is 0 Å². The van der Waals surface area contributed by atoms with E-state index in [9.17, 15) is 4.79 Å². The lowest BCUT2D eigenvalue weighted by atomic mass is 9.89. The van der Waals surface area contributed by atoms with Crippen LogP contribution < -0.4 is 14.4 Å². The van der Waals surface area contributed by atoms with Gasteiger partial charge in [-0.2, -0.15) is 4.57 Å². The Balaban J connectivity index is 1.60. The number of nitrogens with zero attached hydrogens (tertiary/aromatic N) is 3. The molecule has 0 atom stereocenters. The van der Waals surface area contributed by atoms with Crippen molar-refractivity contribution in [3.8, 4) is 0 Å². The number of rotatable bonds is 7. The van der Waals surface area contributed by atoms with E-state index in [0.29, 0.717) is 5.89 Å². The Morgan fingerprint density at radius 3 is 2.18 bits per heavy atom. The average molecular weight is 473 g/mol. The van der Waals surface area contributed by atoms with Crippen LogP contribution >= 0.6 is 11.8 Å². The molecule has 1 aromatic heterocycles. The zero-order valence-corrected chi connectivity index (χ0v) is 21.0. The van der Waals surface area contributed by atoms with Gasteiger partial charge in [-0.1, -0.05) is 31.2 Å². The fourth-order valence-electron chi connectivity index (χ4n) is 4.87. The van der Waals surface area contributed by atoms with Crippen molar-refractivity contribution in [2.75, 3.05) is 28.6 Å². The number of hydrogen-bond acceptors (Lipinski definition) is 5. The zero-order chi connectivity index (χ0) is 23.8. The Morgan fingerprint density at radius 1 is 0.912 bits per heavy atom. The first-order valence-corrected chi connectivity index (χ1v) is 13.0. The molecule has 0 saturated carbocycles. The second-order valence-electron chi connectivity index (χ2n) is 8.20. The number of Topliss-reactive ketones (excluding diaryl/α,β-unsaturated/α-hetero) is 1. The molecule has 0 unspecified atom stereocenters. The number of ketones is 1. The van der Waals surface area contributed by atoms with E-state index in [1.54, 1.807) is 11.8 Å². The fraction of sp³-hybridized carbons (Fsp3) is 0.286. The lowest BCUT2D eigenvalue weighted by Crippen LogP contribution is -2.34. The molecule has 6 heteroatoms. The molecule has 0 fully saturated rings. The highest BCUT2D eigenvalue weighted by atomic mass is 32.2. The smallest absolute Gasteiger partial charge is 0.374 e. The van der Waals surface area contributed by atoms with E-state index in [4.69, 9.17) is 4.42 Å². The minimum Gasteiger partial charge on any atom is -0.398 e. The Morgan fingerprint density at radius 2 is 1.56 bits per heavy atom. The number of para-hydroxylation sites is 4. The van der Waals surface area contributed by atoms with Crippen LogP contribution in [0.1, 0.15) is 33.6 Å². The number of aromatic nitrogens is 1. The number of oxazole rings is 1. The van der Waals surface area contributed by atoms with Gasteiger partial charge in [-0.25, -0.2) is 0 Å². The summed E-state index contributed by atoms with van der Waals surface area (Å²) in [6.07, 6.45) is 4.00. The van der Waals surface area contributed by atoms with Crippen molar-refractivity contribution in [2.45, 2.75) is 34.2 Å². The van der Waals surface area contributed by atoms with Gasteiger partial charge in [-0.05, 0) is 50.8 Å². The first kappa shape index (κ1) is 22.5. The van der Waals surface area contributed by atoms with Crippen molar-refractivity contribution in [3.63, 3.8) is 0 Å². The molecule has 0 amide bonds. The van der Waals surface area contributed by atoms with Crippen LogP contribution in [0.3, 0.4) is 0 Å². The van der Waals surface area contributed by atoms with Crippen LogP contribution in [0.5, 0.6) is 0 Å². The molecular weight excluding hydrogens is 442 g/mol. The third-order valence-electron chi connectivity index (χ3n) is 6.41. The molecule has 0 spiro atoms. The molecule has 2 aliphatic rings. The average Bonchev–Trinajstić information content (AvgIpc) is 3.38. The summed E-state index contributed by atoms with van der Waals surface area (Å²) in [5.74, 6) is 2.76. The van der Waals surface area contributed by atoms with Gasteiger partial charge in [-0.3, -0.25) is 4.79 Å². The second kappa shape index (κ2) is 9.18. The van der Waals surface area contributed by atoms with Crippen LogP contribution in [-0.2, 0) is 11.3 Å². The van der Waals surface area contributed by atoms with Gasteiger partial charge in [0.15, 0.2) is 5.78 Å². The molecule has 5 rings (SSSR count). The number of hydrogen-bond donors (Lipinski definition) is 0. The van der Waals surface area contributed by atoms with E-state index >= 15 is 0 Å². The van der Waals surface area contributed by atoms with E-state index < -0.39 is 0 Å². The summed E-state index contributed by atoms with van der Waals surface area (Å²) in [4.78, 5) is 19.1. The van der Waals surface area contributed by atoms with E-state index in [1.165, 1.54) is 11.4 Å². The maximum absolute atomic E-state index is 13.4. The number of allylic oxidation sites excluding steroid dienone is 3. The highest BCUT2D eigenvalue weighted by molar-refractivity contribution is 8.03. The number of anilines is 2. The largest absolute Gasteiger partial charge is 0.398 e. The van der Waals surface area contributed by atoms with Crippen LogP contribution in [-0.4, -0.2) is 24.6 Å². The quantitative estimate of drug-likeness (QED) is 0.315. The lowest BCUT2D eigenvalue weighted by molar-refractivity contribution is -0.674. The van der Waals surface area contributed by atoms with Crippen LogP contribution in [0.25, 0.3) is 17.2 Å². The van der Waals surface area contributed by atoms with Crippen LogP contribution in [0.2, 0.25) is 0 Å². The molecule has 174 valence electrons. The summed E-state index contributed by atoms with van der Waals surface area (Å²) < 4.78 is 8.24. The van der Waals surface area contributed by atoms with Gasteiger partial charge in [0.25, 0.3) is 5.52 Å². The molecule has 1 aliphatic heterocycles. The first-order valence-electron chi connectivity index (χ1n) is 12.0. The van der Waals surface area contributed by atoms with E-state index in [0.717, 1.165) is 58.4 Å². The number of fused-ring (bicyclic) bond motifs is 2. The SMILES string of the molecule is CCSC1=C(C=C2N(CC)c3ccccc3N2CC)C(=O)/C1=C/c1oc2ccccc2[n+]1CC. The van der Waals surface area contributed by atoms with E-state index in [-0.39, 0.29) is 5.78 Å². The standard InChI is InChI=1S/C28H30N3O2S/c1-5-29-21-13-9-10-14-22(21)30(6-2)25(29)17-19-27(32)20(28(19)34-8-4)18-26-31(7-3)23-15-11-12-16-24(23)33-26/h9-18H,5-8H2,1-4H3/q+1. The Bertz CT molecular complexity index is 1330. The summed E-state index contributed by atoms with van der Waals surface area (Å²) in [5, 5.41) is 0. The minimum absolute atomic E-state index is 0.0784. The van der Waals surface area contributed by atoms with Gasteiger partial charge in [0.2, 0.25) is 5.58 Å². The third-order valence-corrected chi connectivity index (χ3v) is 7.43. The van der Waals surface area contributed by atoms with Gasteiger partial charge in [0, 0.05) is 35.2 Å². The van der Waals surface area contributed by atoms with Gasteiger partial charge >= 0.3 is 5.89 Å². The Labute approximate surface area is 205 Å². The molecule has 0 radical (unpaired) electrons. The van der Waals surface area contributed by atoms with E-state index in [2.05, 4.69) is 78.5 Å². The normalized spacial score (nSPS) is 16.6. The van der Waals surface area contributed by atoms with Gasteiger partial charge < -0.3 is 14.2 Å².